The van der Waals surface area contributed by atoms with Gasteiger partial charge in [-0.2, -0.15) is 0 Å². The van der Waals surface area contributed by atoms with Crippen LogP contribution in [0.25, 0.3) is 0 Å². The second kappa shape index (κ2) is 15.3. The van der Waals surface area contributed by atoms with E-state index in [1.807, 2.05) is 13.8 Å². The Morgan fingerprint density at radius 3 is 1.95 bits per heavy atom. The zero-order chi connectivity index (χ0) is 29.8. The third kappa shape index (κ3) is 15.0. The normalized spacial score (nSPS) is 12.4. The van der Waals surface area contributed by atoms with Crippen molar-refractivity contribution in [3.05, 3.63) is 23.8 Å². The Bertz CT molecular complexity index is 976. The molecule has 0 unspecified atom stereocenters. The molecule has 0 aliphatic carbocycles. The van der Waals surface area contributed by atoms with Gasteiger partial charge in [0.15, 0.2) is 11.5 Å². The van der Waals surface area contributed by atoms with Gasteiger partial charge in [0, 0.05) is 13.0 Å². The van der Waals surface area contributed by atoms with E-state index in [1.165, 1.54) is 19.2 Å². The number of nitrogens with one attached hydrogen (secondary N) is 1. The van der Waals surface area contributed by atoms with E-state index in [2.05, 4.69) is 5.32 Å². The lowest BCUT2D eigenvalue weighted by molar-refractivity contribution is -0.144. The third-order valence-electron chi connectivity index (χ3n) is 4.78. The minimum atomic E-state index is -1.00. The Morgan fingerprint density at radius 1 is 0.872 bits per heavy atom. The Kier molecular flexibility index (Phi) is 13.2. The third-order valence-corrected chi connectivity index (χ3v) is 4.78. The van der Waals surface area contributed by atoms with Gasteiger partial charge in [0.05, 0.1) is 7.11 Å². The highest BCUT2D eigenvalue weighted by Gasteiger charge is 2.25. The highest BCUT2D eigenvalue weighted by Crippen LogP contribution is 2.31. The van der Waals surface area contributed by atoms with Gasteiger partial charge >= 0.3 is 24.2 Å². The number of ether oxygens (including phenoxy) is 6. The van der Waals surface area contributed by atoms with E-state index < -0.39 is 35.5 Å². The van der Waals surface area contributed by atoms with Gasteiger partial charge in [0.25, 0.3) is 0 Å². The smallest absolute Gasteiger partial charge is 0.468 e. The molecule has 0 aromatic heterocycles. The lowest BCUT2D eigenvalue weighted by Crippen LogP contribution is -2.41. The first kappa shape index (κ1) is 33.7. The van der Waals surface area contributed by atoms with Crippen LogP contribution < -0.4 is 14.8 Å². The Labute approximate surface area is 230 Å². The van der Waals surface area contributed by atoms with Crippen molar-refractivity contribution >= 4 is 24.2 Å². The van der Waals surface area contributed by atoms with Gasteiger partial charge in [-0.1, -0.05) is 19.9 Å². The molecule has 1 atom stereocenters. The monoisotopic (exact) mass is 553 g/mol. The van der Waals surface area contributed by atoms with Gasteiger partial charge in [0.2, 0.25) is 0 Å². The van der Waals surface area contributed by atoms with Gasteiger partial charge in [-0.3, -0.25) is 9.59 Å². The van der Waals surface area contributed by atoms with E-state index >= 15 is 0 Å². The molecule has 0 saturated carbocycles. The molecule has 0 aliphatic heterocycles. The molecule has 0 saturated heterocycles. The fourth-order valence-electron chi connectivity index (χ4n) is 3.06. The van der Waals surface area contributed by atoms with Crippen molar-refractivity contribution in [3.8, 4) is 11.5 Å². The first-order valence-electron chi connectivity index (χ1n) is 12.9. The molecule has 0 aliphatic rings. The largest absolute Gasteiger partial charge is 0.514 e. The fraction of sp³-hybridized carbons (Fsp3) is 0.643. The first-order chi connectivity index (χ1) is 18.0. The number of hydrogen-bond donors (Lipinski definition) is 1. The summed E-state index contributed by atoms with van der Waals surface area (Å²) in [6.45, 7) is 14.4. The van der Waals surface area contributed by atoms with E-state index in [0.717, 1.165) is 6.42 Å². The minimum absolute atomic E-state index is 0.0743. The highest BCUT2D eigenvalue weighted by atomic mass is 16.8. The van der Waals surface area contributed by atoms with Crippen LogP contribution in [0.1, 0.15) is 73.8 Å². The first-order valence-corrected chi connectivity index (χ1v) is 12.9. The molecular formula is C28H43NO10. The summed E-state index contributed by atoms with van der Waals surface area (Å²) in [5, 5.41) is 3.01. The second-order valence-corrected chi connectivity index (χ2v) is 11.3. The van der Waals surface area contributed by atoms with Crippen LogP contribution in [0.4, 0.5) is 9.59 Å². The van der Waals surface area contributed by atoms with Crippen LogP contribution in [0.3, 0.4) is 0 Å². The molecule has 1 aromatic rings. The van der Waals surface area contributed by atoms with Crippen LogP contribution >= 0.6 is 0 Å². The quantitative estimate of drug-likeness (QED) is 0.163. The summed E-state index contributed by atoms with van der Waals surface area (Å²) in [6, 6.07) is 3.68. The fourth-order valence-corrected chi connectivity index (χ4v) is 3.06. The van der Waals surface area contributed by atoms with Crippen LogP contribution in [-0.2, 0) is 35.0 Å². The summed E-state index contributed by atoms with van der Waals surface area (Å²) in [4.78, 5) is 48.8. The highest BCUT2D eigenvalue weighted by molar-refractivity contribution is 5.76. The Morgan fingerprint density at radius 2 is 1.44 bits per heavy atom. The summed E-state index contributed by atoms with van der Waals surface area (Å²) in [5.41, 5.74) is -1.06. The topological polar surface area (TPSA) is 136 Å². The number of rotatable bonds is 12. The van der Waals surface area contributed by atoms with Crippen LogP contribution in [0.2, 0.25) is 0 Å². The number of carbonyl (C=O) groups excluding carboxylic acids is 4. The molecule has 0 bridgehead atoms. The summed E-state index contributed by atoms with van der Waals surface area (Å²) in [5.74, 6) is -0.621. The SMILES string of the molecule is COC(=O)[C@H](Cc1ccc(OC(=O)OC(C)(C)C)c(OC(=O)OC(C)(C)C)c1)NCCOC(=O)CCC(C)C. The van der Waals surface area contributed by atoms with Crippen molar-refractivity contribution in [2.75, 3.05) is 20.3 Å². The lowest BCUT2D eigenvalue weighted by Gasteiger charge is -2.21. The van der Waals surface area contributed by atoms with Gasteiger partial charge in [-0.05, 0) is 78.0 Å². The molecule has 1 rings (SSSR count). The Balaban J connectivity index is 3.02. The number of benzene rings is 1. The van der Waals surface area contributed by atoms with Crippen molar-refractivity contribution in [1.29, 1.82) is 0 Å². The van der Waals surface area contributed by atoms with Crippen molar-refractivity contribution in [2.24, 2.45) is 5.92 Å². The number of esters is 2. The van der Waals surface area contributed by atoms with Crippen molar-refractivity contribution in [1.82, 2.24) is 5.32 Å². The Hall–Kier alpha value is -3.34. The molecular weight excluding hydrogens is 510 g/mol. The maximum Gasteiger partial charge on any atom is 0.514 e. The molecule has 11 nitrogen and oxygen atoms in total. The number of methoxy groups -OCH3 is 1. The minimum Gasteiger partial charge on any atom is -0.468 e. The number of hydrogen-bond acceptors (Lipinski definition) is 11. The van der Waals surface area contributed by atoms with Gasteiger partial charge in [-0.15, -0.1) is 0 Å². The predicted octanol–water partition coefficient (Wildman–Crippen LogP) is 4.97. The van der Waals surface area contributed by atoms with E-state index in [-0.39, 0.29) is 37.0 Å². The second-order valence-electron chi connectivity index (χ2n) is 11.3. The van der Waals surface area contributed by atoms with E-state index in [9.17, 15) is 19.2 Å². The molecule has 1 aromatic carbocycles. The molecule has 0 radical (unpaired) electrons. The van der Waals surface area contributed by atoms with Gasteiger partial charge < -0.3 is 33.7 Å². The van der Waals surface area contributed by atoms with Gasteiger partial charge in [-0.25, -0.2) is 9.59 Å². The maximum atomic E-state index is 12.4. The molecule has 1 N–H and O–H groups in total. The summed E-state index contributed by atoms with van der Waals surface area (Å²) in [6.07, 6.45) is -0.795. The van der Waals surface area contributed by atoms with Crippen LogP contribution in [0.5, 0.6) is 11.5 Å². The zero-order valence-corrected chi connectivity index (χ0v) is 24.5. The maximum absolute atomic E-state index is 12.4. The van der Waals surface area contributed by atoms with E-state index in [1.54, 1.807) is 47.6 Å². The molecule has 0 amide bonds. The molecule has 220 valence electrons. The van der Waals surface area contributed by atoms with Crippen LogP contribution in [0.15, 0.2) is 18.2 Å². The van der Waals surface area contributed by atoms with E-state index in [4.69, 9.17) is 28.4 Å². The van der Waals surface area contributed by atoms with E-state index in [0.29, 0.717) is 17.9 Å². The average Bonchev–Trinajstić information content (AvgIpc) is 2.78. The predicted molar refractivity (Wildman–Crippen MR) is 143 cm³/mol. The average molecular weight is 554 g/mol. The molecule has 39 heavy (non-hydrogen) atoms. The van der Waals surface area contributed by atoms with Crippen LogP contribution in [0, 0.1) is 5.92 Å². The van der Waals surface area contributed by atoms with Crippen molar-refractivity contribution < 1.29 is 47.6 Å². The zero-order valence-electron chi connectivity index (χ0n) is 24.5. The molecule has 0 fully saturated rings. The summed E-state index contributed by atoms with van der Waals surface area (Å²) >= 11 is 0. The molecule has 0 spiro atoms. The summed E-state index contributed by atoms with van der Waals surface area (Å²) < 4.78 is 31.1. The van der Waals surface area contributed by atoms with Gasteiger partial charge in [0.1, 0.15) is 23.9 Å². The molecule has 11 heteroatoms. The van der Waals surface area contributed by atoms with Crippen molar-refractivity contribution in [2.45, 2.75) is 91.9 Å². The summed E-state index contributed by atoms with van der Waals surface area (Å²) in [7, 11) is 1.26. The standard InChI is InChI=1S/C28H43NO10/c1-18(2)10-13-23(30)35-15-14-29-20(24(31)34-9)16-19-11-12-21(36-25(32)38-27(3,4)5)22(17-19)37-26(33)39-28(6,7)8/h11-12,17-18,20,29H,10,13-16H2,1-9H3/t20-/m0/s1. The number of carbonyl (C=O) groups is 4. The molecule has 0 heterocycles. The van der Waals surface area contributed by atoms with Crippen molar-refractivity contribution in [3.63, 3.8) is 0 Å². The lowest BCUT2D eigenvalue weighted by atomic mass is 10.1. The van der Waals surface area contributed by atoms with Crippen LogP contribution in [-0.4, -0.2) is 61.8 Å².